The van der Waals surface area contributed by atoms with E-state index in [1.54, 1.807) is 18.0 Å². The molecule has 0 bridgehead atoms. The minimum absolute atomic E-state index is 0.0306. The highest BCUT2D eigenvalue weighted by molar-refractivity contribution is 7.89. The molecule has 0 radical (unpaired) electrons. The molecule has 1 fully saturated rings. The average molecular weight is 391 g/mol. The van der Waals surface area contributed by atoms with Gasteiger partial charge in [-0.25, -0.2) is 8.42 Å². The molecule has 0 atom stereocenters. The van der Waals surface area contributed by atoms with Crippen LogP contribution in [0.25, 0.3) is 0 Å². The first-order chi connectivity index (χ1) is 12.8. The molecule has 7 nitrogen and oxygen atoms in total. The molecule has 2 aromatic rings. The van der Waals surface area contributed by atoms with Crippen LogP contribution < -0.4 is 5.32 Å². The maximum atomic E-state index is 12.5. The SMILES string of the molecule is Cc1ccc(NC(=O)CN(C)Cc2ccc(S(=O)(=O)N3CCCC3)o2)cc1. The van der Waals surface area contributed by atoms with Crippen molar-refractivity contribution in [3.8, 4) is 0 Å². The van der Waals surface area contributed by atoms with Crippen molar-refractivity contribution < 1.29 is 17.6 Å². The van der Waals surface area contributed by atoms with Crippen LogP contribution in [0.2, 0.25) is 0 Å². The topological polar surface area (TPSA) is 82.9 Å². The third kappa shape index (κ3) is 4.97. The fourth-order valence-electron chi connectivity index (χ4n) is 3.04. The Labute approximate surface area is 160 Å². The molecule has 0 aliphatic carbocycles. The summed E-state index contributed by atoms with van der Waals surface area (Å²) in [5, 5.41) is 2.81. The molecule has 0 unspecified atom stereocenters. The van der Waals surface area contributed by atoms with E-state index in [0.717, 1.165) is 24.1 Å². The van der Waals surface area contributed by atoms with E-state index < -0.39 is 10.0 Å². The number of rotatable bonds is 7. The number of hydrogen-bond donors (Lipinski definition) is 1. The molecule has 1 N–H and O–H groups in total. The van der Waals surface area contributed by atoms with Gasteiger partial charge in [0.15, 0.2) is 0 Å². The average Bonchev–Trinajstić information content (AvgIpc) is 3.29. The number of nitrogens with zero attached hydrogens (tertiary/aromatic N) is 2. The van der Waals surface area contributed by atoms with Gasteiger partial charge in [0.05, 0.1) is 13.1 Å². The van der Waals surface area contributed by atoms with Crippen molar-refractivity contribution in [3.63, 3.8) is 0 Å². The quantitative estimate of drug-likeness (QED) is 0.784. The fraction of sp³-hybridized carbons (Fsp3) is 0.421. The molecule has 8 heteroatoms. The van der Waals surface area contributed by atoms with Crippen LogP contribution in [-0.4, -0.2) is 50.2 Å². The van der Waals surface area contributed by atoms with Gasteiger partial charge >= 0.3 is 0 Å². The van der Waals surface area contributed by atoms with Crippen LogP contribution >= 0.6 is 0 Å². The molecular weight excluding hydrogens is 366 g/mol. The Balaban J connectivity index is 1.55. The Bertz CT molecular complexity index is 884. The van der Waals surface area contributed by atoms with E-state index in [4.69, 9.17) is 4.42 Å². The summed E-state index contributed by atoms with van der Waals surface area (Å²) in [7, 11) is -1.77. The van der Waals surface area contributed by atoms with Crippen LogP contribution in [0.5, 0.6) is 0 Å². The summed E-state index contributed by atoms with van der Waals surface area (Å²) in [6, 6.07) is 10.7. The molecule has 1 saturated heterocycles. The molecule has 27 heavy (non-hydrogen) atoms. The van der Waals surface area contributed by atoms with E-state index in [9.17, 15) is 13.2 Å². The molecule has 0 spiro atoms. The molecule has 2 heterocycles. The lowest BCUT2D eigenvalue weighted by molar-refractivity contribution is -0.117. The van der Waals surface area contributed by atoms with Gasteiger partial charge in [-0.2, -0.15) is 4.31 Å². The zero-order valence-electron chi connectivity index (χ0n) is 15.6. The van der Waals surface area contributed by atoms with Crippen molar-refractivity contribution in [3.05, 3.63) is 47.7 Å². The zero-order chi connectivity index (χ0) is 19.4. The lowest BCUT2D eigenvalue weighted by atomic mass is 10.2. The summed E-state index contributed by atoms with van der Waals surface area (Å²) in [5.41, 5.74) is 1.87. The number of likely N-dealkylation sites (N-methyl/N-ethyl adjacent to an activating group) is 1. The predicted molar refractivity (Wildman–Crippen MR) is 103 cm³/mol. The van der Waals surface area contributed by atoms with E-state index in [-0.39, 0.29) is 17.5 Å². The Hall–Kier alpha value is -2.16. The summed E-state index contributed by atoms with van der Waals surface area (Å²) >= 11 is 0. The number of amides is 1. The van der Waals surface area contributed by atoms with Crippen molar-refractivity contribution >= 4 is 21.6 Å². The van der Waals surface area contributed by atoms with Crippen molar-refractivity contribution in [2.45, 2.75) is 31.4 Å². The van der Waals surface area contributed by atoms with Crippen molar-refractivity contribution in [1.29, 1.82) is 0 Å². The summed E-state index contributed by atoms with van der Waals surface area (Å²) in [6.07, 6.45) is 1.76. The smallest absolute Gasteiger partial charge is 0.276 e. The van der Waals surface area contributed by atoms with Crippen molar-refractivity contribution in [2.24, 2.45) is 0 Å². The fourth-order valence-corrected chi connectivity index (χ4v) is 4.49. The Kier molecular flexibility index (Phi) is 5.98. The van der Waals surface area contributed by atoms with Gasteiger partial charge in [0.2, 0.25) is 11.0 Å². The highest BCUT2D eigenvalue weighted by Gasteiger charge is 2.30. The van der Waals surface area contributed by atoms with Gasteiger partial charge in [0, 0.05) is 18.8 Å². The number of benzene rings is 1. The predicted octanol–water partition coefficient (Wildman–Crippen LogP) is 2.44. The second-order valence-corrected chi connectivity index (χ2v) is 8.79. The van der Waals surface area contributed by atoms with Crippen LogP contribution in [0, 0.1) is 6.92 Å². The van der Waals surface area contributed by atoms with Crippen LogP contribution in [-0.2, 0) is 21.4 Å². The van der Waals surface area contributed by atoms with Gasteiger partial charge in [0.25, 0.3) is 10.0 Å². The minimum atomic E-state index is -3.55. The van der Waals surface area contributed by atoms with Gasteiger partial charge in [-0.3, -0.25) is 9.69 Å². The second kappa shape index (κ2) is 8.24. The maximum absolute atomic E-state index is 12.5. The van der Waals surface area contributed by atoms with Gasteiger partial charge in [-0.15, -0.1) is 0 Å². The molecule has 3 rings (SSSR count). The summed E-state index contributed by atoms with van der Waals surface area (Å²) < 4.78 is 32.0. The minimum Gasteiger partial charge on any atom is -0.447 e. The lowest BCUT2D eigenvalue weighted by Crippen LogP contribution is -2.29. The van der Waals surface area contributed by atoms with Gasteiger partial charge in [-0.05, 0) is 51.1 Å². The second-order valence-electron chi connectivity index (χ2n) is 6.92. The van der Waals surface area contributed by atoms with Gasteiger partial charge < -0.3 is 9.73 Å². The van der Waals surface area contributed by atoms with E-state index >= 15 is 0 Å². The van der Waals surface area contributed by atoms with Crippen LogP contribution in [0.4, 0.5) is 5.69 Å². The largest absolute Gasteiger partial charge is 0.447 e. The first kappa shape index (κ1) is 19.6. The molecule has 1 amide bonds. The van der Waals surface area contributed by atoms with Gasteiger partial charge in [0.1, 0.15) is 5.76 Å². The summed E-state index contributed by atoms with van der Waals surface area (Å²) in [6.45, 7) is 3.58. The van der Waals surface area contributed by atoms with E-state index in [2.05, 4.69) is 5.32 Å². The number of carbonyl (C=O) groups is 1. The number of hydrogen-bond acceptors (Lipinski definition) is 5. The summed E-state index contributed by atoms with van der Waals surface area (Å²) in [5.74, 6) is 0.372. The van der Waals surface area contributed by atoms with E-state index in [1.165, 1.54) is 10.4 Å². The zero-order valence-corrected chi connectivity index (χ0v) is 16.5. The molecule has 146 valence electrons. The molecule has 1 aromatic heterocycles. The van der Waals surface area contributed by atoms with Crippen LogP contribution in [0.1, 0.15) is 24.2 Å². The van der Waals surface area contributed by atoms with Crippen LogP contribution in [0.3, 0.4) is 0 Å². The normalized spacial score (nSPS) is 15.4. The molecule has 1 aromatic carbocycles. The number of carbonyl (C=O) groups excluding carboxylic acids is 1. The highest BCUT2D eigenvalue weighted by Crippen LogP contribution is 2.23. The lowest BCUT2D eigenvalue weighted by Gasteiger charge is -2.15. The molecule has 1 aliphatic rings. The first-order valence-electron chi connectivity index (χ1n) is 8.98. The monoisotopic (exact) mass is 391 g/mol. The standard InChI is InChI=1S/C19H25N3O4S/c1-15-5-7-16(8-6-15)20-18(23)14-21(2)13-17-9-10-19(26-17)27(24,25)22-11-3-4-12-22/h5-10H,3-4,11-14H2,1-2H3,(H,20,23). The number of aryl methyl sites for hydroxylation is 1. The number of nitrogens with one attached hydrogen (secondary N) is 1. The molecular formula is C19H25N3O4S. The Morgan fingerprint density at radius 2 is 1.81 bits per heavy atom. The van der Waals surface area contributed by atoms with Crippen LogP contribution in [0.15, 0.2) is 45.9 Å². The third-order valence-electron chi connectivity index (χ3n) is 4.47. The van der Waals surface area contributed by atoms with E-state index in [0.29, 0.717) is 25.4 Å². The molecule has 0 saturated carbocycles. The van der Waals surface area contributed by atoms with Crippen molar-refractivity contribution in [2.75, 3.05) is 32.0 Å². The maximum Gasteiger partial charge on any atom is 0.276 e. The van der Waals surface area contributed by atoms with Gasteiger partial charge in [-0.1, -0.05) is 17.7 Å². The Morgan fingerprint density at radius 1 is 1.15 bits per heavy atom. The van der Waals surface area contributed by atoms with Crippen molar-refractivity contribution in [1.82, 2.24) is 9.21 Å². The first-order valence-corrected chi connectivity index (χ1v) is 10.4. The van der Waals surface area contributed by atoms with E-state index in [1.807, 2.05) is 31.2 Å². The summed E-state index contributed by atoms with van der Waals surface area (Å²) in [4.78, 5) is 13.9. The highest BCUT2D eigenvalue weighted by atomic mass is 32.2. The number of sulfonamides is 1. The molecule has 1 aliphatic heterocycles. The third-order valence-corrected chi connectivity index (χ3v) is 6.24. The number of furan rings is 1. The number of anilines is 1. The Morgan fingerprint density at radius 3 is 2.48 bits per heavy atom.